The van der Waals surface area contributed by atoms with Crippen LogP contribution in [-0.4, -0.2) is 53.4 Å². The molecule has 0 fully saturated rings. The molecular formula is C21H21F3N2O6. The molecule has 0 spiro atoms. The van der Waals surface area contributed by atoms with E-state index in [0.29, 0.717) is 11.1 Å². The van der Waals surface area contributed by atoms with Crippen LogP contribution < -0.4 is 10.5 Å². The summed E-state index contributed by atoms with van der Waals surface area (Å²) in [4.78, 5) is 38.6. The standard InChI is InChI=1S/C19H20N2O4.C2HF3O2/c1-12-7-8-17(13(2)9-12)24-10-14(20)11-25-21-18(22)15-5-3-4-6-16(15)19(21)23;3-2(4,5)1(6)7/h3-9,14H,10-11,20H2,1-2H3;(H,6,7)/t14-;/m1./s1. The van der Waals surface area contributed by atoms with Gasteiger partial charge in [-0.2, -0.15) is 13.2 Å². The zero-order valence-electron chi connectivity index (χ0n) is 17.2. The Kier molecular flexibility index (Phi) is 7.95. The van der Waals surface area contributed by atoms with Gasteiger partial charge >= 0.3 is 12.1 Å². The largest absolute Gasteiger partial charge is 0.492 e. The summed E-state index contributed by atoms with van der Waals surface area (Å²) in [6, 6.07) is 12.0. The van der Waals surface area contributed by atoms with Gasteiger partial charge in [0.05, 0.1) is 23.8 Å². The third kappa shape index (κ3) is 6.28. The van der Waals surface area contributed by atoms with Crippen LogP contribution in [0.3, 0.4) is 0 Å². The number of fused-ring (bicyclic) bond motifs is 1. The van der Waals surface area contributed by atoms with Crippen LogP contribution in [0.1, 0.15) is 31.8 Å². The lowest BCUT2D eigenvalue weighted by atomic mass is 10.1. The van der Waals surface area contributed by atoms with Crippen molar-refractivity contribution in [1.29, 1.82) is 0 Å². The first-order valence-corrected chi connectivity index (χ1v) is 9.28. The highest BCUT2D eigenvalue weighted by Crippen LogP contribution is 2.23. The van der Waals surface area contributed by atoms with Crippen LogP contribution in [0.2, 0.25) is 0 Å². The molecule has 1 heterocycles. The number of nitrogens with zero attached hydrogens (tertiary/aromatic N) is 1. The highest BCUT2D eigenvalue weighted by molar-refractivity contribution is 6.20. The van der Waals surface area contributed by atoms with Gasteiger partial charge in [0.1, 0.15) is 12.4 Å². The Morgan fingerprint density at radius 2 is 1.59 bits per heavy atom. The molecular weight excluding hydrogens is 433 g/mol. The van der Waals surface area contributed by atoms with E-state index in [9.17, 15) is 22.8 Å². The summed E-state index contributed by atoms with van der Waals surface area (Å²) in [6.45, 7) is 4.19. The minimum atomic E-state index is -5.08. The molecule has 0 aliphatic carbocycles. The number of amides is 2. The van der Waals surface area contributed by atoms with Crippen molar-refractivity contribution in [2.24, 2.45) is 5.73 Å². The van der Waals surface area contributed by atoms with E-state index >= 15 is 0 Å². The molecule has 1 aliphatic heterocycles. The van der Waals surface area contributed by atoms with Gasteiger partial charge in [0.2, 0.25) is 0 Å². The quantitative estimate of drug-likeness (QED) is 0.644. The van der Waals surface area contributed by atoms with E-state index < -0.39 is 30.0 Å². The van der Waals surface area contributed by atoms with E-state index in [1.165, 1.54) is 0 Å². The summed E-state index contributed by atoms with van der Waals surface area (Å²) in [6.07, 6.45) is -5.08. The van der Waals surface area contributed by atoms with Crippen molar-refractivity contribution in [2.75, 3.05) is 13.2 Å². The number of imide groups is 1. The van der Waals surface area contributed by atoms with Gasteiger partial charge in [-0.1, -0.05) is 29.8 Å². The molecule has 0 saturated heterocycles. The van der Waals surface area contributed by atoms with Crippen LogP contribution in [0.25, 0.3) is 0 Å². The average molecular weight is 454 g/mol. The van der Waals surface area contributed by atoms with Crippen molar-refractivity contribution in [1.82, 2.24) is 5.06 Å². The van der Waals surface area contributed by atoms with Crippen molar-refractivity contribution in [3.8, 4) is 5.75 Å². The van der Waals surface area contributed by atoms with Crippen LogP contribution in [0.15, 0.2) is 42.5 Å². The van der Waals surface area contributed by atoms with Gasteiger partial charge in [0, 0.05) is 0 Å². The van der Waals surface area contributed by atoms with Crippen molar-refractivity contribution in [3.05, 3.63) is 64.7 Å². The Balaban J connectivity index is 0.000000451. The maximum absolute atomic E-state index is 12.2. The van der Waals surface area contributed by atoms with Crippen LogP contribution in [-0.2, 0) is 9.63 Å². The summed E-state index contributed by atoms with van der Waals surface area (Å²) in [5, 5.41) is 7.89. The number of benzene rings is 2. The van der Waals surface area contributed by atoms with Gasteiger partial charge in [-0.3, -0.25) is 14.4 Å². The molecule has 3 N–H and O–H groups in total. The summed E-state index contributed by atoms with van der Waals surface area (Å²) in [5.41, 5.74) is 8.83. The number of ether oxygens (including phenoxy) is 1. The lowest BCUT2D eigenvalue weighted by Crippen LogP contribution is -2.39. The first kappa shape index (κ1) is 24.8. The number of hydrogen-bond acceptors (Lipinski definition) is 6. The van der Waals surface area contributed by atoms with E-state index in [1.54, 1.807) is 24.3 Å². The molecule has 0 aromatic heterocycles. The summed E-state index contributed by atoms with van der Waals surface area (Å²) in [7, 11) is 0. The third-order valence-electron chi connectivity index (χ3n) is 4.20. The molecule has 2 aromatic carbocycles. The Bertz CT molecular complexity index is 974. The lowest BCUT2D eigenvalue weighted by Gasteiger charge is -2.18. The number of aliphatic carboxylic acids is 1. The zero-order chi connectivity index (χ0) is 24.1. The zero-order valence-corrected chi connectivity index (χ0v) is 17.2. The van der Waals surface area contributed by atoms with Gasteiger partial charge < -0.3 is 15.6 Å². The number of carboxylic acids is 1. The molecule has 11 heteroatoms. The lowest BCUT2D eigenvalue weighted by molar-refractivity contribution is -0.192. The molecule has 0 radical (unpaired) electrons. The maximum Gasteiger partial charge on any atom is 0.490 e. The fraction of sp³-hybridized carbons (Fsp3) is 0.286. The Morgan fingerprint density at radius 3 is 2.06 bits per heavy atom. The Hall–Kier alpha value is -3.44. The second-order valence-corrected chi connectivity index (χ2v) is 6.89. The number of nitrogens with two attached hydrogens (primary N) is 1. The highest BCUT2D eigenvalue weighted by atomic mass is 19.4. The summed E-state index contributed by atoms with van der Waals surface area (Å²) >= 11 is 0. The second-order valence-electron chi connectivity index (χ2n) is 6.89. The monoisotopic (exact) mass is 454 g/mol. The summed E-state index contributed by atoms with van der Waals surface area (Å²) in [5.74, 6) is -2.94. The van der Waals surface area contributed by atoms with E-state index in [4.69, 9.17) is 25.2 Å². The normalized spacial score (nSPS) is 13.9. The molecule has 0 unspecified atom stereocenters. The minimum Gasteiger partial charge on any atom is -0.492 e. The number of carboxylic acid groups (broad SMARTS) is 1. The van der Waals surface area contributed by atoms with Crippen LogP contribution in [0, 0.1) is 13.8 Å². The number of carbonyl (C=O) groups is 3. The number of aryl methyl sites for hydroxylation is 2. The van der Waals surface area contributed by atoms with Gasteiger partial charge in [-0.15, -0.1) is 5.06 Å². The first-order valence-electron chi connectivity index (χ1n) is 9.28. The Morgan fingerprint density at radius 1 is 1.06 bits per heavy atom. The SMILES string of the molecule is Cc1ccc(OC[C@@H](N)CON2C(=O)c3ccccc3C2=O)c(C)c1.O=C(O)C(F)(F)F. The van der Waals surface area contributed by atoms with Gasteiger partial charge in [0.25, 0.3) is 11.8 Å². The summed E-state index contributed by atoms with van der Waals surface area (Å²) < 4.78 is 37.4. The minimum absolute atomic E-state index is 0.00359. The molecule has 1 aliphatic rings. The van der Waals surface area contributed by atoms with Crippen LogP contribution >= 0.6 is 0 Å². The molecule has 172 valence electrons. The fourth-order valence-electron chi connectivity index (χ4n) is 2.66. The predicted molar refractivity (Wildman–Crippen MR) is 106 cm³/mol. The first-order chi connectivity index (χ1) is 14.9. The van der Waals surface area contributed by atoms with E-state index in [0.717, 1.165) is 21.9 Å². The predicted octanol–water partition coefficient (Wildman–Crippen LogP) is 2.87. The molecule has 8 nitrogen and oxygen atoms in total. The highest BCUT2D eigenvalue weighted by Gasteiger charge is 2.38. The van der Waals surface area contributed by atoms with Crippen LogP contribution in [0.4, 0.5) is 13.2 Å². The van der Waals surface area contributed by atoms with Crippen molar-refractivity contribution >= 4 is 17.8 Å². The number of alkyl halides is 3. The smallest absolute Gasteiger partial charge is 0.490 e. The Labute approximate surface area is 181 Å². The topological polar surface area (TPSA) is 119 Å². The fourth-order valence-corrected chi connectivity index (χ4v) is 2.66. The maximum atomic E-state index is 12.2. The second kappa shape index (κ2) is 10.2. The van der Waals surface area contributed by atoms with E-state index in [-0.39, 0.29) is 13.2 Å². The number of carbonyl (C=O) groups excluding carboxylic acids is 2. The molecule has 2 aromatic rings. The molecule has 0 bridgehead atoms. The van der Waals surface area contributed by atoms with Gasteiger partial charge in [-0.05, 0) is 37.6 Å². The number of halogens is 3. The number of hydrogen-bond donors (Lipinski definition) is 2. The molecule has 1 atom stereocenters. The number of rotatable bonds is 6. The van der Waals surface area contributed by atoms with Crippen LogP contribution in [0.5, 0.6) is 5.75 Å². The van der Waals surface area contributed by atoms with E-state index in [2.05, 4.69) is 0 Å². The van der Waals surface area contributed by atoms with E-state index in [1.807, 2.05) is 32.0 Å². The van der Waals surface area contributed by atoms with Crippen molar-refractivity contribution in [3.63, 3.8) is 0 Å². The molecule has 3 rings (SSSR count). The van der Waals surface area contributed by atoms with Crippen molar-refractivity contribution < 1.29 is 42.2 Å². The molecule has 2 amide bonds. The average Bonchev–Trinajstić information content (AvgIpc) is 2.96. The number of hydroxylamine groups is 2. The van der Waals surface area contributed by atoms with Gasteiger partial charge in [-0.25, -0.2) is 4.79 Å². The van der Waals surface area contributed by atoms with Gasteiger partial charge in [0.15, 0.2) is 0 Å². The molecule has 32 heavy (non-hydrogen) atoms. The third-order valence-corrected chi connectivity index (χ3v) is 4.20. The van der Waals surface area contributed by atoms with Crippen molar-refractivity contribution in [2.45, 2.75) is 26.1 Å². The molecule has 0 saturated carbocycles.